The lowest BCUT2D eigenvalue weighted by atomic mass is 10.1. The molecule has 2 N–H and O–H groups in total. The molecule has 0 spiro atoms. The molecule has 0 fully saturated rings. The van der Waals surface area contributed by atoms with E-state index in [1.807, 2.05) is 0 Å². The lowest BCUT2D eigenvalue weighted by Crippen LogP contribution is -2.18. The molecule has 1 aromatic rings. The van der Waals surface area contributed by atoms with E-state index >= 15 is 0 Å². The number of aliphatic hydroxyl groups excluding tert-OH is 2. The van der Waals surface area contributed by atoms with Gasteiger partial charge in [0.2, 0.25) is 0 Å². The number of nitrogens with zero attached hydrogens (tertiary/aromatic N) is 2. The molecule has 1 aromatic heterocycles. The Morgan fingerprint density at radius 1 is 1.53 bits per heavy atom. The number of carbonyl (C=O) groups excluding carboxylic acids is 1. The Morgan fingerprint density at radius 3 is 2.73 bits per heavy atom. The van der Waals surface area contributed by atoms with Gasteiger partial charge in [-0.25, -0.2) is 0 Å². The lowest BCUT2D eigenvalue weighted by Gasteiger charge is -2.14. The summed E-state index contributed by atoms with van der Waals surface area (Å²) in [6.07, 6.45) is -0.604. The summed E-state index contributed by atoms with van der Waals surface area (Å²) >= 11 is 0. The van der Waals surface area contributed by atoms with Crippen molar-refractivity contribution in [2.24, 2.45) is 0 Å². The number of aromatic nitrogens is 1. The second-order valence-electron chi connectivity index (χ2n) is 3.01. The van der Waals surface area contributed by atoms with Gasteiger partial charge in [0.1, 0.15) is 6.10 Å². The predicted octanol–water partition coefficient (Wildman–Crippen LogP) is 0.202. The van der Waals surface area contributed by atoms with E-state index in [-0.39, 0.29) is 12.1 Å². The van der Waals surface area contributed by atoms with Crippen LogP contribution in [0.25, 0.3) is 0 Å². The summed E-state index contributed by atoms with van der Waals surface area (Å²) in [7, 11) is 0. The van der Waals surface area contributed by atoms with Crippen molar-refractivity contribution in [2.75, 3.05) is 0 Å². The lowest BCUT2D eigenvalue weighted by molar-refractivity contribution is 0.0190. The van der Waals surface area contributed by atoms with Crippen LogP contribution in [0.1, 0.15) is 28.6 Å². The summed E-state index contributed by atoms with van der Waals surface area (Å²) in [5.74, 6) is 0. The Morgan fingerprint density at radius 2 is 2.27 bits per heavy atom. The van der Waals surface area contributed by atoms with Crippen LogP contribution in [0.3, 0.4) is 0 Å². The van der Waals surface area contributed by atoms with Gasteiger partial charge in [0, 0.05) is 11.8 Å². The zero-order valence-corrected chi connectivity index (χ0v) is 7.87. The Kier molecular flexibility index (Phi) is 3.92. The molecule has 0 amide bonds. The average molecular weight is 206 g/mol. The van der Waals surface area contributed by atoms with Crippen molar-refractivity contribution >= 4 is 6.29 Å². The van der Waals surface area contributed by atoms with E-state index < -0.39 is 12.2 Å². The maximum Gasteiger partial charge on any atom is 0.151 e. The standard InChI is InChI=1S/C10H10N2O3/c11-4-3-9(14)10(15)8-2-1-7(6-13)5-12-8/h1-2,5-6,9-10,14-15H,3H2. The number of pyridine rings is 1. The number of aliphatic hydroxyl groups is 2. The third kappa shape index (κ3) is 2.84. The number of nitriles is 1. The zero-order chi connectivity index (χ0) is 11.3. The van der Waals surface area contributed by atoms with E-state index in [9.17, 15) is 15.0 Å². The van der Waals surface area contributed by atoms with Crippen molar-refractivity contribution in [3.8, 4) is 6.07 Å². The monoisotopic (exact) mass is 206 g/mol. The Labute approximate surface area is 86.6 Å². The molecular weight excluding hydrogens is 196 g/mol. The van der Waals surface area contributed by atoms with Crippen LogP contribution in [0, 0.1) is 11.3 Å². The summed E-state index contributed by atoms with van der Waals surface area (Å²) < 4.78 is 0. The van der Waals surface area contributed by atoms with Gasteiger partial charge < -0.3 is 10.2 Å². The molecule has 0 aliphatic carbocycles. The highest BCUT2D eigenvalue weighted by atomic mass is 16.3. The predicted molar refractivity (Wildman–Crippen MR) is 50.8 cm³/mol. The fourth-order valence-electron chi connectivity index (χ4n) is 1.06. The smallest absolute Gasteiger partial charge is 0.151 e. The van der Waals surface area contributed by atoms with Crippen LogP contribution in [0.5, 0.6) is 0 Å². The minimum Gasteiger partial charge on any atom is -0.389 e. The number of hydrogen-bond donors (Lipinski definition) is 2. The highest BCUT2D eigenvalue weighted by Crippen LogP contribution is 2.16. The first-order valence-electron chi connectivity index (χ1n) is 4.33. The molecule has 0 saturated heterocycles. The molecule has 78 valence electrons. The normalized spacial score (nSPS) is 13.9. The van der Waals surface area contributed by atoms with Gasteiger partial charge in [-0.3, -0.25) is 9.78 Å². The van der Waals surface area contributed by atoms with Gasteiger partial charge in [-0.05, 0) is 12.1 Å². The fraction of sp³-hybridized carbons (Fsp3) is 0.300. The summed E-state index contributed by atoms with van der Waals surface area (Å²) in [4.78, 5) is 14.1. The largest absolute Gasteiger partial charge is 0.389 e. The Bertz CT molecular complexity index is 369. The minimum atomic E-state index is -1.20. The van der Waals surface area contributed by atoms with Gasteiger partial charge in [-0.15, -0.1) is 0 Å². The second kappa shape index (κ2) is 5.20. The molecule has 2 atom stereocenters. The molecule has 0 radical (unpaired) electrons. The van der Waals surface area contributed by atoms with E-state index in [2.05, 4.69) is 4.98 Å². The van der Waals surface area contributed by atoms with E-state index in [4.69, 9.17) is 5.26 Å². The maximum absolute atomic E-state index is 10.3. The zero-order valence-electron chi connectivity index (χ0n) is 7.87. The van der Waals surface area contributed by atoms with Crippen LogP contribution >= 0.6 is 0 Å². The Balaban J connectivity index is 2.78. The molecule has 0 aliphatic heterocycles. The molecule has 0 saturated carbocycles. The number of hydrogen-bond acceptors (Lipinski definition) is 5. The first-order valence-corrected chi connectivity index (χ1v) is 4.33. The quantitative estimate of drug-likeness (QED) is 0.686. The molecule has 0 aliphatic rings. The minimum absolute atomic E-state index is 0.168. The molecule has 5 nitrogen and oxygen atoms in total. The first kappa shape index (κ1) is 11.3. The summed E-state index contributed by atoms with van der Waals surface area (Å²) in [5.41, 5.74) is 0.629. The third-order valence-electron chi connectivity index (χ3n) is 1.91. The van der Waals surface area contributed by atoms with Crippen molar-refractivity contribution in [3.63, 3.8) is 0 Å². The number of aldehydes is 1. The van der Waals surface area contributed by atoms with Crippen molar-refractivity contribution in [2.45, 2.75) is 18.6 Å². The molecule has 0 aromatic carbocycles. The van der Waals surface area contributed by atoms with Crippen LogP contribution < -0.4 is 0 Å². The van der Waals surface area contributed by atoms with Gasteiger partial charge in [-0.1, -0.05) is 0 Å². The van der Waals surface area contributed by atoms with Crippen molar-refractivity contribution in [3.05, 3.63) is 29.6 Å². The molecular formula is C10H10N2O3. The highest BCUT2D eigenvalue weighted by Gasteiger charge is 2.18. The van der Waals surface area contributed by atoms with Gasteiger partial charge in [0.15, 0.2) is 6.29 Å². The molecule has 1 rings (SSSR count). The number of rotatable bonds is 4. The summed E-state index contributed by atoms with van der Waals surface area (Å²) in [6, 6.07) is 4.67. The van der Waals surface area contributed by atoms with Gasteiger partial charge in [0.25, 0.3) is 0 Å². The van der Waals surface area contributed by atoms with Crippen molar-refractivity contribution in [1.82, 2.24) is 4.98 Å². The maximum atomic E-state index is 10.3. The van der Waals surface area contributed by atoms with Gasteiger partial charge >= 0.3 is 0 Å². The van der Waals surface area contributed by atoms with Crippen molar-refractivity contribution in [1.29, 1.82) is 5.26 Å². The topological polar surface area (TPSA) is 94.2 Å². The molecule has 1 heterocycles. The van der Waals surface area contributed by atoms with E-state index in [1.165, 1.54) is 18.3 Å². The van der Waals surface area contributed by atoms with Gasteiger partial charge in [0.05, 0.1) is 24.3 Å². The van der Waals surface area contributed by atoms with E-state index in [0.717, 1.165) is 0 Å². The number of carbonyl (C=O) groups is 1. The SMILES string of the molecule is N#CCC(O)C(O)c1ccc(C=O)cn1. The van der Waals surface area contributed by atoms with E-state index in [0.29, 0.717) is 11.8 Å². The average Bonchev–Trinajstić information content (AvgIpc) is 2.28. The van der Waals surface area contributed by atoms with Crippen LogP contribution in [0.4, 0.5) is 0 Å². The van der Waals surface area contributed by atoms with Crippen LogP contribution in [-0.4, -0.2) is 27.6 Å². The summed E-state index contributed by atoms with van der Waals surface area (Å²) in [5, 5.41) is 27.2. The first-order chi connectivity index (χ1) is 7.19. The third-order valence-corrected chi connectivity index (χ3v) is 1.91. The Hall–Kier alpha value is -1.77. The van der Waals surface area contributed by atoms with Crippen LogP contribution in [0.15, 0.2) is 18.3 Å². The van der Waals surface area contributed by atoms with Crippen LogP contribution in [-0.2, 0) is 0 Å². The second-order valence-corrected chi connectivity index (χ2v) is 3.01. The molecule has 0 bridgehead atoms. The summed E-state index contributed by atoms with van der Waals surface area (Å²) in [6.45, 7) is 0. The van der Waals surface area contributed by atoms with Crippen LogP contribution in [0.2, 0.25) is 0 Å². The molecule has 15 heavy (non-hydrogen) atoms. The molecule has 5 heteroatoms. The van der Waals surface area contributed by atoms with Gasteiger partial charge in [-0.2, -0.15) is 5.26 Å². The highest BCUT2D eigenvalue weighted by molar-refractivity contribution is 5.73. The van der Waals surface area contributed by atoms with Crippen molar-refractivity contribution < 1.29 is 15.0 Å². The fourth-order valence-corrected chi connectivity index (χ4v) is 1.06. The van der Waals surface area contributed by atoms with E-state index in [1.54, 1.807) is 6.07 Å². The molecule has 2 unspecified atom stereocenters.